The topological polar surface area (TPSA) is 86.8 Å². The molecular weight excluding hydrogens is 533 g/mol. The van der Waals surface area contributed by atoms with E-state index in [4.69, 9.17) is 23.2 Å². The average molecular weight is 563 g/mol. The smallest absolute Gasteiger partial charge is 0.264 e. The number of likely N-dealkylation sites (N-methyl/N-ethyl adjacent to an activating group) is 1. The van der Waals surface area contributed by atoms with Crippen LogP contribution >= 0.6 is 23.2 Å². The molecule has 37 heavy (non-hydrogen) atoms. The molecule has 7 nitrogen and oxygen atoms in total. The van der Waals surface area contributed by atoms with Gasteiger partial charge in [0.25, 0.3) is 10.0 Å². The second-order valence-corrected chi connectivity index (χ2v) is 11.4. The van der Waals surface area contributed by atoms with E-state index >= 15 is 0 Å². The highest BCUT2D eigenvalue weighted by atomic mass is 35.5. The van der Waals surface area contributed by atoms with Gasteiger partial charge in [0.05, 0.1) is 10.6 Å². The highest BCUT2D eigenvalue weighted by molar-refractivity contribution is 7.92. The van der Waals surface area contributed by atoms with E-state index in [1.807, 2.05) is 6.92 Å². The Morgan fingerprint density at radius 2 is 1.65 bits per heavy atom. The van der Waals surface area contributed by atoms with Crippen molar-refractivity contribution >= 4 is 50.7 Å². The lowest BCUT2D eigenvalue weighted by molar-refractivity contribution is -0.139. The third kappa shape index (κ3) is 6.83. The summed E-state index contributed by atoms with van der Waals surface area (Å²) in [4.78, 5) is 27.6. The lowest BCUT2D eigenvalue weighted by Gasteiger charge is -2.32. The van der Waals surface area contributed by atoms with Gasteiger partial charge in [0.1, 0.15) is 12.6 Å². The molecule has 3 aromatic rings. The quantitative estimate of drug-likeness (QED) is 0.399. The summed E-state index contributed by atoms with van der Waals surface area (Å²) >= 11 is 12.4. The zero-order valence-corrected chi connectivity index (χ0v) is 23.4. The summed E-state index contributed by atoms with van der Waals surface area (Å²) in [5.41, 5.74) is 2.59. The maximum absolute atomic E-state index is 13.8. The van der Waals surface area contributed by atoms with E-state index in [0.29, 0.717) is 15.6 Å². The zero-order valence-electron chi connectivity index (χ0n) is 21.0. The molecule has 0 unspecified atom stereocenters. The summed E-state index contributed by atoms with van der Waals surface area (Å²) in [6.45, 7) is 4.75. The molecule has 0 aromatic heterocycles. The first-order valence-electron chi connectivity index (χ1n) is 11.5. The van der Waals surface area contributed by atoms with Crippen molar-refractivity contribution in [2.45, 2.75) is 38.3 Å². The monoisotopic (exact) mass is 561 g/mol. The van der Waals surface area contributed by atoms with Crippen LogP contribution in [-0.2, 0) is 26.2 Å². The molecule has 0 fully saturated rings. The number of nitrogens with zero attached hydrogens (tertiary/aromatic N) is 2. The molecule has 0 radical (unpaired) electrons. The van der Waals surface area contributed by atoms with Crippen LogP contribution in [0.1, 0.15) is 23.6 Å². The van der Waals surface area contributed by atoms with Gasteiger partial charge in [0.15, 0.2) is 0 Å². The molecule has 196 valence electrons. The summed E-state index contributed by atoms with van der Waals surface area (Å²) < 4.78 is 28.6. The van der Waals surface area contributed by atoms with Gasteiger partial charge in [-0.2, -0.15) is 0 Å². The van der Waals surface area contributed by atoms with Crippen LogP contribution in [0, 0.1) is 13.8 Å². The molecule has 1 N–H and O–H groups in total. The standard InChI is InChI=1S/C27H29Cl2N3O4S/c1-18-8-12-24(13-9-18)37(35,36)32(23-11-10-19(2)25(29)15-23)17-26(33)31(20(3)27(34)30-4)16-21-6-5-7-22(28)14-21/h5-15,20H,16-17H2,1-4H3,(H,30,34)/t20-/m1/s1. The molecule has 0 saturated carbocycles. The SMILES string of the molecule is CNC(=O)[C@@H](C)N(Cc1cccc(Cl)c1)C(=O)CN(c1ccc(C)c(Cl)c1)S(=O)(=O)c1ccc(C)cc1. The Balaban J connectivity index is 2.06. The number of amides is 2. The Kier molecular flexibility index (Phi) is 9.23. The number of aryl methyl sites for hydroxylation is 2. The minimum atomic E-state index is -4.15. The fourth-order valence-electron chi connectivity index (χ4n) is 3.73. The molecule has 0 aliphatic carbocycles. The van der Waals surface area contributed by atoms with E-state index in [1.54, 1.807) is 62.4 Å². The van der Waals surface area contributed by atoms with Crippen molar-refractivity contribution in [3.05, 3.63) is 93.5 Å². The van der Waals surface area contributed by atoms with E-state index in [2.05, 4.69) is 5.32 Å². The molecule has 0 saturated heterocycles. The van der Waals surface area contributed by atoms with Crippen molar-refractivity contribution in [1.82, 2.24) is 10.2 Å². The number of carbonyl (C=O) groups excluding carboxylic acids is 2. The van der Waals surface area contributed by atoms with Crippen LogP contribution in [0.15, 0.2) is 71.6 Å². The number of halogens is 2. The van der Waals surface area contributed by atoms with Gasteiger partial charge in [-0.05, 0) is 68.3 Å². The second kappa shape index (κ2) is 12.0. The fraction of sp³-hybridized carbons (Fsp3) is 0.259. The Morgan fingerprint density at radius 1 is 0.973 bits per heavy atom. The van der Waals surface area contributed by atoms with Gasteiger partial charge in [-0.15, -0.1) is 0 Å². The van der Waals surface area contributed by atoms with Crippen LogP contribution in [0.5, 0.6) is 0 Å². The third-order valence-corrected chi connectivity index (χ3v) is 8.42. The lowest BCUT2D eigenvalue weighted by atomic mass is 10.1. The molecule has 0 aliphatic heterocycles. The number of rotatable bonds is 9. The van der Waals surface area contributed by atoms with Gasteiger partial charge in [0.2, 0.25) is 11.8 Å². The van der Waals surface area contributed by atoms with Crippen molar-refractivity contribution in [3.8, 4) is 0 Å². The van der Waals surface area contributed by atoms with Crippen LogP contribution in [0.4, 0.5) is 5.69 Å². The minimum absolute atomic E-state index is 0.0309. The Morgan fingerprint density at radius 3 is 2.24 bits per heavy atom. The van der Waals surface area contributed by atoms with Gasteiger partial charge >= 0.3 is 0 Å². The van der Waals surface area contributed by atoms with E-state index in [9.17, 15) is 18.0 Å². The van der Waals surface area contributed by atoms with Crippen LogP contribution in [0.2, 0.25) is 10.0 Å². The third-order valence-electron chi connectivity index (χ3n) is 5.99. The Bertz CT molecular complexity index is 1400. The molecule has 3 aromatic carbocycles. The van der Waals surface area contributed by atoms with E-state index < -0.39 is 28.5 Å². The van der Waals surface area contributed by atoms with Crippen LogP contribution in [0.3, 0.4) is 0 Å². The molecule has 0 spiro atoms. The predicted octanol–water partition coefficient (Wildman–Crippen LogP) is 4.97. The molecule has 10 heteroatoms. The number of nitrogens with one attached hydrogen (secondary N) is 1. The number of carbonyl (C=O) groups is 2. The van der Waals surface area contributed by atoms with Gasteiger partial charge in [-0.1, -0.05) is 59.1 Å². The first-order valence-corrected chi connectivity index (χ1v) is 13.7. The first-order chi connectivity index (χ1) is 17.4. The number of benzene rings is 3. The van der Waals surface area contributed by atoms with Gasteiger partial charge in [-0.25, -0.2) is 8.42 Å². The predicted molar refractivity (Wildman–Crippen MR) is 147 cm³/mol. The second-order valence-electron chi connectivity index (χ2n) is 8.70. The lowest BCUT2D eigenvalue weighted by Crippen LogP contribution is -2.50. The van der Waals surface area contributed by atoms with Crippen molar-refractivity contribution in [3.63, 3.8) is 0 Å². The summed E-state index contributed by atoms with van der Waals surface area (Å²) in [7, 11) is -2.68. The number of hydrogen-bond donors (Lipinski definition) is 1. The summed E-state index contributed by atoms with van der Waals surface area (Å²) in [6.07, 6.45) is 0. The molecule has 0 aliphatic rings. The number of anilines is 1. The van der Waals surface area contributed by atoms with Gasteiger partial charge < -0.3 is 10.2 Å². The molecule has 2 amide bonds. The molecule has 1 atom stereocenters. The summed E-state index contributed by atoms with van der Waals surface area (Å²) in [6, 6.07) is 17.2. The maximum Gasteiger partial charge on any atom is 0.264 e. The van der Waals surface area contributed by atoms with Crippen molar-refractivity contribution in [2.24, 2.45) is 0 Å². The fourth-order valence-corrected chi connectivity index (χ4v) is 5.52. The molecule has 3 rings (SSSR count). The van der Waals surface area contributed by atoms with Crippen LogP contribution in [0.25, 0.3) is 0 Å². The van der Waals surface area contributed by atoms with Crippen molar-refractivity contribution < 1.29 is 18.0 Å². The normalized spacial score (nSPS) is 12.1. The molecule has 0 heterocycles. The van der Waals surface area contributed by atoms with E-state index in [-0.39, 0.29) is 23.0 Å². The van der Waals surface area contributed by atoms with Crippen molar-refractivity contribution in [2.75, 3.05) is 17.9 Å². The zero-order chi connectivity index (χ0) is 27.3. The summed E-state index contributed by atoms with van der Waals surface area (Å²) in [5, 5.41) is 3.40. The van der Waals surface area contributed by atoms with Crippen molar-refractivity contribution in [1.29, 1.82) is 0 Å². The maximum atomic E-state index is 13.8. The van der Waals surface area contributed by atoms with Gasteiger partial charge in [-0.3, -0.25) is 13.9 Å². The van der Waals surface area contributed by atoms with E-state index in [0.717, 1.165) is 15.4 Å². The number of hydrogen-bond acceptors (Lipinski definition) is 4. The minimum Gasteiger partial charge on any atom is -0.357 e. The average Bonchev–Trinajstić information content (AvgIpc) is 2.86. The first kappa shape index (κ1) is 28.5. The Hall–Kier alpha value is -3.07. The Labute approximate surface area is 228 Å². The highest BCUT2D eigenvalue weighted by Gasteiger charge is 2.32. The number of sulfonamides is 1. The van der Waals surface area contributed by atoms with Crippen LogP contribution in [-0.4, -0.2) is 44.8 Å². The molecular formula is C27H29Cl2N3O4S. The van der Waals surface area contributed by atoms with Gasteiger partial charge in [0, 0.05) is 23.6 Å². The molecule has 0 bridgehead atoms. The van der Waals surface area contributed by atoms with E-state index in [1.165, 1.54) is 30.1 Å². The summed E-state index contributed by atoms with van der Waals surface area (Å²) in [5.74, 6) is -0.954. The van der Waals surface area contributed by atoms with Crippen LogP contribution < -0.4 is 9.62 Å². The highest BCUT2D eigenvalue weighted by Crippen LogP contribution is 2.29. The largest absolute Gasteiger partial charge is 0.357 e.